The van der Waals surface area contributed by atoms with Crippen LogP contribution < -0.4 is 5.73 Å². The zero-order valence-electron chi connectivity index (χ0n) is 12.6. The lowest BCUT2D eigenvalue weighted by Gasteiger charge is -2.11. The summed E-state index contributed by atoms with van der Waals surface area (Å²) in [7, 11) is 2.03. The van der Waals surface area contributed by atoms with Gasteiger partial charge in [0.25, 0.3) is 0 Å². The lowest BCUT2D eigenvalue weighted by molar-refractivity contribution is 0.616. The summed E-state index contributed by atoms with van der Waals surface area (Å²) >= 11 is 0. The van der Waals surface area contributed by atoms with E-state index < -0.39 is 0 Å². The molecule has 4 nitrogen and oxygen atoms in total. The fraction of sp³-hybridized carbons (Fsp3) is 0.600. The first-order chi connectivity index (χ1) is 8.93. The third-order valence-electron chi connectivity index (χ3n) is 3.33. The summed E-state index contributed by atoms with van der Waals surface area (Å²) in [6.07, 6.45) is 2.99. The van der Waals surface area contributed by atoms with Gasteiger partial charge in [0, 0.05) is 31.6 Å². The Bertz CT molecular complexity index is 581. The number of hydrogen-bond acceptors (Lipinski definition) is 3. The van der Waals surface area contributed by atoms with Crippen molar-refractivity contribution in [2.24, 2.45) is 18.7 Å². The molecule has 0 aliphatic heterocycles. The summed E-state index contributed by atoms with van der Waals surface area (Å²) in [6, 6.07) is 0. The van der Waals surface area contributed by atoms with E-state index in [0.717, 1.165) is 34.5 Å². The van der Waals surface area contributed by atoms with Gasteiger partial charge in [0.05, 0.1) is 5.69 Å². The van der Waals surface area contributed by atoms with E-state index in [2.05, 4.69) is 38.5 Å². The number of aromatic nitrogens is 3. The summed E-state index contributed by atoms with van der Waals surface area (Å²) in [5.41, 5.74) is 9.12. The zero-order valence-corrected chi connectivity index (χ0v) is 12.6. The molecule has 0 aliphatic carbocycles. The van der Waals surface area contributed by atoms with Gasteiger partial charge in [-0.3, -0.25) is 0 Å². The Labute approximate surface area is 115 Å². The Hall–Kier alpha value is -1.42. The van der Waals surface area contributed by atoms with Crippen molar-refractivity contribution in [2.45, 2.75) is 46.6 Å². The Balaban J connectivity index is 2.70. The van der Waals surface area contributed by atoms with Crippen molar-refractivity contribution < 1.29 is 0 Å². The van der Waals surface area contributed by atoms with E-state index in [1.165, 1.54) is 0 Å². The average molecular weight is 260 g/mol. The van der Waals surface area contributed by atoms with E-state index in [1.807, 2.05) is 7.05 Å². The van der Waals surface area contributed by atoms with Gasteiger partial charge in [0.1, 0.15) is 11.5 Å². The molecule has 0 saturated carbocycles. The molecule has 0 bridgehead atoms. The molecule has 0 aromatic carbocycles. The molecular weight excluding hydrogens is 236 g/mol. The van der Waals surface area contributed by atoms with Crippen LogP contribution in [0.4, 0.5) is 0 Å². The van der Waals surface area contributed by atoms with Crippen LogP contribution in [-0.2, 0) is 20.0 Å². The van der Waals surface area contributed by atoms with Crippen LogP contribution in [-0.4, -0.2) is 14.5 Å². The molecule has 19 heavy (non-hydrogen) atoms. The molecule has 0 unspecified atom stereocenters. The SMILES string of the molecule is CC(C)Cc1nc(C(C)C)c2c(CN)cn(C)c2n1. The van der Waals surface area contributed by atoms with Gasteiger partial charge < -0.3 is 10.3 Å². The van der Waals surface area contributed by atoms with E-state index in [-0.39, 0.29) is 0 Å². The summed E-state index contributed by atoms with van der Waals surface area (Å²) in [5.74, 6) is 1.88. The average Bonchev–Trinajstić information content (AvgIpc) is 2.64. The number of fused-ring (bicyclic) bond motifs is 1. The Kier molecular flexibility index (Phi) is 3.90. The van der Waals surface area contributed by atoms with Crippen LogP contribution in [0.3, 0.4) is 0 Å². The molecule has 0 radical (unpaired) electrons. The molecule has 0 spiro atoms. The third-order valence-corrected chi connectivity index (χ3v) is 3.33. The maximum atomic E-state index is 5.85. The van der Waals surface area contributed by atoms with E-state index >= 15 is 0 Å². The second-order valence-corrected chi connectivity index (χ2v) is 5.95. The van der Waals surface area contributed by atoms with Crippen LogP contribution in [0.25, 0.3) is 11.0 Å². The van der Waals surface area contributed by atoms with Crippen molar-refractivity contribution in [3.05, 3.63) is 23.3 Å². The van der Waals surface area contributed by atoms with Crippen molar-refractivity contribution in [1.29, 1.82) is 0 Å². The molecule has 0 atom stereocenters. The molecular formula is C15H24N4. The molecule has 0 saturated heterocycles. The van der Waals surface area contributed by atoms with Gasteiger partial charge in [-0.1, -0.05) is 27.7 Å². The van der Waals surface area contributed by atoms with Crippen molar-refractivity contribution in [3.8, 4) is 0 Å². The van der Waals surface area contributed by atoms with Gasteiger partial charge in [-0.15, -0.1) is 0 Å². The first kappa shape index (κ1) is 14.0. The highest BCUT2D eigenvalue weighted by Crippen LogP contribution is 2.27. The zero-order chi connectivity index (χ0) is 14.2. The smallest absolute Gasteiger partial charge is 0.143 e. The number of rotatable bonds is 4. The quantitative estimate of drug-likeness (QED) is 0.919. The van der Waals surface area contributed by atoms with Gasteiger partial charge >= 0.3 is 0 Å². The minimum atomic E-state index is 0.379. The van der Waals surface area contributed by atoms with Crippen LogP contribution in [0.2, 0.25) is 0 Å². The lowest BCUT2D eigenvalue weighted by atomic mass is 10.0. The van der Waals surface area contributed by atoms with Crippen molar-refractivity contribution in [1.82, 2.24) is 14.5 Å². The molecule has 2 N–H and O–H groups in total. The second kappa shape index (κ2) is 5.29. The highest BCUT2D eigenvalue weighted by Gasteiger charge is 2.17. The fourth-order valence-corrected chi connectivity index (χ4v) is 2.46. The predicted octanol–water partition coefficient (Wildman–Crippen LogP) is 2.75. The van der Waals surface area contributed by atoms with Gasteiger partial charge in [-0.2, -0.15) is 0 Å². The Morgan fingerprint density at radius 3 is 2.42 bits per heavy atom. The lowest BCUT2D eigenvalue weighted by Crippen LogP contribution is -2.07. The molecule has 104 valence electrons. The summed E-state index contributed by atoms with van der Waals surface area (Å²) in [4.78, 5) is 9.51. The van der Waals surface area contributed by atoms with E-state index in [1.54, 1.807) is 0 Å². The van der Waals surface area contributed by atoms with E-state index in [4.69, 9.17) is 15.7 Å². The topological polar surface area (TPSA) is 56.7 Å². The van der Waals surface area contributed by atoms with E-state index in [9.17, 15) is 0 Å². The molecule has 0 fully saturated rings. The number of hydrogen-bond donors (Lipinski definition) is 1. The van der Waals surface area contributed by atoms with Crippen molar-refractivity contribution in [3.63, 3.8) is 0 Å². The maximum absolute atomic E-state index is 5.85. The minimum Gasteiger partial charge on any atom is -0.335 e. The Morgan fingerprint density at radius 1 is 1.21 bits per heavy atom. The molecule has 2 heterocycles. The largest absolute Gasteiger partial charge is 0.335 e. The molecule has 2 aromatic rings. The predicted molar refractivity (Wildman–Crippen MR) is 79.0 cm³/mol. The summed E-state index contributed by atoms with van der Waals surface area (Å²) < 4.78 is 2.06. The van der Waals surface area contributed by atoms with Gasteiger partial charge in [-0.25, -0.2) is 9.97 Å². The third kappa shape index (κ3) is 2.63. The molecule has 0 aliphatic rings. The monoisotopic (exact) mass is 260 g/mol. The normalized spacial score (nSPS) is 12.0. The first-order valence-corrected chi connectivity index (χ1v) is 6.98. The highest BCUT2D eigenvalue weighted by atomic mass is 15.0. The second-order valence-electron chi connectivity index (χ2n) is 5.95. The first-order valence-electron chi connectivity index (χ1n) is 6.98. The number of aryl methyl sites for hydroxylation is 1. The fourth-order valence-electron chi connectivity index (χ4n) is 2.46. The van der Waals surface area contributed by atoms with Crippen LogP contribution >= 0.6 is 0 Å². The van der Waals surface area contributed by atoms with E-state index in [0.29, 0.717) is 18.4 Å². The van der Waals surface area contributed by atoms with Gasteiger partial charge in [-0.05, 0) is 17.4 Å². The molecule has 4 heteroatoms. The maximum Gasteiger partial charge on any atom is 0.143 e. The molecule has 0 amide bonds. The Morgan fingerprint density at radius 2 is 1.89 bits per heavy atom. The highest BCUT2D eigenvalue weighted by molar-refractivity contribution is 5.83. The van der Waals surface area contributed by atoms with Gasteiger partial charge in [0.2, 0.25) is 0 Å². The van der Waals surface area contributed by atoms with Crippen LogP contribution in [0.1, 0.15) is 50.7 Å². The van der Waals surface area contributed by atoms with Crippen LogP contribution in [0, 0.1) is 5.92 Å². The molecule has 2 rings (SSSR count). The summed E-state index contributed by atoms with van der Waals surface area (Å²) in [6.45, 7) is 9.27. The van der Waals surface area contributed by atoms with Crippen LogP contribution in [0.15, 0.2) is 6.20 Å². The standard InChI is InChI=1S/C15H24N4/c1-9(2)6-12-17-14(10(3)4)13-11(7-16)8-19(5)15(13)18-12/h8-10H,6-7,16H2,1-5H3. The van der Waals surface area contributed by atoms with Crippen LogP contribution in [0.5, 0.6) is 0 Å². The van der Waals surface area contributed by atoms with Gasteiger partial charge in [0.15, 0.2) is 0 Å². The molecule has 2 aromatic heterocycles. The van der Waals surface area contributed by atoms with Crippen molar-refractivity contribution in [2.75, 3.05) is 0 Å². The van der Waals surface area contributed by atoms with Crippen molar-refractivity contribution >= 4 is 11.0 Å². The minimum absolute atomic E-state index is 0.379. The summed E-state index contributed by atoms with van der Waals surface area (Å²) in [5, 5.41) is 1.15. The number of nitrogens with zero attached hydrogens (tertiary/aromatic N) is 3. The number of nitrogens with two attached hydrogens (primary N) is 1.